The molecule has 3 aliphatic rings. The number of benzene rings is 2. The molecule has 1 aliphatic heterocycles. The van der Waals surface area contributed by atoms with E-state index in [9.17, 15) is 4.79 Å². The molecule has 2 saturated carbocycles. The van der Waals surface area contributed by atoms with E-state index in [1.165, 1.54) is 18.5 Å². The molecule has 0 radical (unpaired) electrons. The lowest BCUT2D eigenvalue weighted by atomic mass is 9.64. The maximum Gasteiger partial charge on any atom is 0.329 e. The van der Waals surface area contributed by atoms with Crippen LogP contribution in [0.2, 0.25) is 5.02 Å². The molecule has 1 saturated heterocycles. The Balaban J connectivity index is 1.17. The molecular weight excluding hydrogens is 382 g/mol. The molecule has 0 bridgehead atoms. The van der Waals surface area contributed by atoms with Crippen molar-refractivity contribution >= 4 is 22.6 Å². The van der Waals surface area contributed by atoms with Crippen molar-refractivity contribution in [3.63, 3.8) is 0 Å². The van der Waals surface area contributed by atoms with Crippen LogP contribution in [0.5, 0.6) is 0 Å². The van der Waals surface area contributed by atoms with Crippen LogP contribution in [-0.2, 0) is 6.54 Å². The zero-order valence-electron chi connectivity index (χ0n) is 16.5. The van der Waals surface area contributed by atoms with Crippen molar-refractivity contribution in [2.24, 2.45) is 11.8 Å². The minimum atomic E-state index is 0.176. The van der Waals surface area contributed by atoms with Crippen molar-refractivity contribution < 1.29 is 0 Å². The summed E-state index contributed by atoms with van der Waals surface area (Å²) < 4.78 is 4.03. The van der Waals surface area contributed by atoms with Gasteiger partial charge in [-0.25, -0.2) is 4.79 Å². The normalized spacial score (nSPS) is 26.6. The number of nitrogens with zero attached hydrogens (tertiary/aromatic N) is 3. The molecule has 2 heterocycles. The van der Waals surface area contributed by atoms with Gasteiger partial charge in [-0.05, 0) is 66.8 Å². The minimum Gasteiger partial charge on any atom is -0.301 e. The molecule has 6 rings (SSSR count). The number of hydrogen-bond acceptors (Lipinski definition) is 2. The van der Waals surface area contributed by atoms with Gasteiger partial charge in [0.15, 0.2) is 0 Å². The number of halogens is 1. The summed E-state index contributed by atoms with van der Waals surface area (Å²) in [4.78, 5) is 15.6. The molecule has 3 atom stereocenters. The van der Waals surface area contributed by atoms with E-state index < -0.39 is 0 Å². The van der Waals surface area contributed by atoms with Crippen molar-refractivity contribution in [1.29, 1.82) is 0 Å². The zero-order chi connectivity index (χ0) is 19.5. The van der Waals surface area contributed by atoms with Crippen LogP contribution in [0, 0.1) is 11.8 Å². The highest BCUT2D eigenvalue weighted by atomic mass is 35.5. The fraction of sp³-hybridized carbons (Fsp3) is 0.458. The fourth-order valence-electron chi connectivity index (χ4n) is 5.65. The van der Waals surface area contributed by atoms with E-state index in [0.717, 1.165) is 60.4 Å². The van der Waals surface area contributed by atoms with E-state index in [0.29, 0.717) is 12.0 Å². The van der Waals surface area contributed by atoms with Gasteiger partial charge in [0, 0.05) is 37.2 Å². The first-order chi connectivity index (χ1) is 14.2. The van der Waals surface area contributed by atoms with Gasteiger partial charge in [-0.2, -0.15) is 0 Å². The Kier molecular flexibility index (Phi) is 4.14. The zero-order valence-corrected chi connectivity index (χ0v) is 17.3. The number of likely N-dealkylation sites (tertiary alicyclic amines) is 1. The fourth-order valence-corrected chi connectivity index (χ4v) is 5.78. The first-order valence-electron chi connectivity index (χ1n) is 10.9. The minimum absolute atomic E-state index is 0.176. The summed E-state index contributed by atoms with van der Waals surface area (Å²) in [6.45, 7) is 4.06. The SMILES string of the molecule is O=c1n(CCN2CC3CC(c4ccc(Cl)cc4)C3C2)c2ccccc2n1C1CC1. The molecule has 4 nitrogen and oxygen atoms in total. The van der Waals surface area contributed by atoms with E-state index in [2.05, 4.69) is 29.2 Å². The van der Waals surface area contributed by atoms with Gasteiger partial charge in [0.05, 0.1) is 11.0 Å². The lowest BCUT2D eigenvalue weighted by molar-refractivity contribution is 0.191. The summed E-state index contributed by atoms with van der Waals surface area (Å²) in [6, 6.07) is 17.1. The Bertz CT molecular complexity index is 1110. The Morgan fingerprint density at radius 3 is 2.45 bits per heavy atom. The molecule has 3 aromatic rings. The predicted octanol–water partition coefficient (Wildman–Crippen LogP) is 4.53. The van der Waals surface area contributed by atoms with Crippen molar-refractivity contribution in [3.8, 4) is 0 Å². The Morgan fingerprint density at radius 2 is 1.69 bits per heavy atom. The van der Waals surface area contributed by atoms with Gasteiger partial charge >= 0.3 is 5.69 Å². The molecule has 150 valence electrons. The second-order valence-electron chi connectivity index (χ2n) is 9.10. The van der Waals surface area contributed by atoms with Crippen LogP contribution in [0.4, 0.5) is 0 Å². The standard InChI is InChI=1S/C24H26ClN3O/c25-18-7-5-16(6-8-18)20-13-17-14-26(15-21(17)20)11-12-27-22-3-1-2-4-23(22)28(24(27)29)19-9-10-19/h1-8,17,19-21H,9-15H2. The molecule has 5 heteroatoms. The highest BCUT2D eigenvalue weighted by Gasteiger charge is 2.47. The number of rotatable bonds is 5. The molecule has 0 amide bonds. The largest absolute Gasteiger partial charge is 0.329 e. The summed E-state index contributed by atoms with van der Waals surface area (Å²) >= 11 is 6.05. The van der Waals surface area contributed by atoms with E-state index in [1.807, 2.05) is 33.4 Å². The summed E-state index contributed by atoms with van der Waals surface area (Å²) in [5.41, 5.74) is 3.80. The van der Waals surface area contributed by atoms with Crippen LogP contribution in [0.1, 0.15) is 36.8 Å². The van der Waals surface area contributed by atoms with Crippen LogP contribution < -0.4 is 5.69 Å². The summed E-state index contributed by atoms with van der Waals surface area (Å²) in [7, 11) is 0. The smallest absolute Gasteiger partial charge is 0.301 e. The second kappa shape index (κ2) is 6.75. The average Bonchev–Trinajstić information content (AvgIpc) is 3.44. The number of fused-ring (bicyclic) bond motifs is 2. The Labute approximate surface area is 175 Å². The predicted molar refractivity (Wildman–Crippen MR) is 117 cm³/mol. The number of hydrogen-bond donors (Lipinski definition) is 0. The first-order valence-corrected chi connectivity index (χ1v) is 11.2. The lowest BCUT2D eigenvalue weighted by Gasteiger charge is -2.40. The maximum absolute atomic E-state index is 13.1. The third kappa shape index (κ3) is 2.96. The van der Waals surface area contributed by atoms with Gasteiger partial charge in [-0.15, -0.1) is 0 Å². The molecule has 3 unspecified atom stereocenters. The number of para-hydroxylation sites is 2. The Morgan fingerprint density at radius 1 is 0.931 bits per heavy atom. The van der Waals surface area contributed by atoms with Crippen LogP contribution in [0.25, 0.3) is 11.0 Å². The van der Waals surface area contributed by atoms with Crippen molar-refractivity contribution in [2.45, 2.75) is 37.8 Å². The third-order valence-electron chi connectivity index (χ3n) is 7.36. The van der Waals surface area contributed by atoms with Gasteiger partial charge in [-0.3, -0.25) is 9.13 Å². The highest BCUT2D eigenvalue weighted by molar-refractivity contribution is 6.30. The van der Waals surface area contributed by atoms with Crippen LogP contribution >= 0.6 is 11.6 Å². The molecular formula is C24H26ClN3O. The summed E-state index contributed by atoms with van der Waals surface area (Å²) in [6.07, 6.45) is 3.55. The number of aromatic nitrogens is 2. The van der Waals surface area contributed by atoms with Gasteiger partial charge in [-0.1, -0.05) is 35.9 Å². The van der Waals surface area contributed by atoms with E-state index in [4.69, 9.17) is 11.6 Å². The molecule has 0 spiro atoms. The Hall–Kier alpha value is -2.04. The molecule has 29 heavy (non-hydrogen) atoms. The topological polar surface area (TPSA) is 30.2 Å². The third-order valence-corrected chi connectivity index (χ3v) is 7.61. The summed E-state index contributed by atoms with van der Waals surface area (Å²) in [5.74, 6) is 2.22. The van der Waals surface area contributed by atoms with Crippen molar-refractivity contribution in [2.75, 3.05) is 19.6 Å². The van der Waals surface area contributed by atoms with Crippen molar-refractivity contribution in [3.05, 3.63) is 69.6 Å². The monoisotopic (exact) mass is 407 g/mol. The van der Waals surface area contributed by atoms with E-state index in [-0.39, 0.29) is 5.69 Å². The van der Waals surface area contributed by atoms with Crippen LogP contribution in [-0.4, -0.2) is 33.7 Å². The lowest BCUT2D eigenvalue weighted by Crippen LogP contribution is -2.33. The quantitative estimate of drug-likeness (QED) is 0.622. The summed E-state index contributed by atoms with van der Waals surface area (Å²) in [5, 5.41) is 0.813. The first kappa shape index (κ1) is 17.8. The van der Waals surface area contributed by atoms with E-state index >= 15 is 0 Å². The second-order valence-corrected chi connectivity index (χ2v) is 9.54. The number of imidazole rings is 1. The molecule has 1 aromatic heterocycles. The van der Waals surface area contributed by atoms with Crippen LogP contribution in [0.3, 0.4) is 0 Å². The average molecular weight is 408 g/mol. The maximum atomic E-state index is 13.1. The van der Waals surface area contributed by atoms with Gasteiger partial charge in [0.1, 0.15) is 0 Å². The van der Waals surface area contributed by atoms with Gasteiger partial charge in [0.25, 0.3) is 0 Å². The van der Waals surface area contributed by atoms with Crippen LogP contribution in [0.15, 0.2) is 53.3 Å². The molecule has 2 aromatic carbocycles. The van der Waals surface area contributed by atoms with Gasteiger partial charge in [0.2, 0.25) is 0 Å². The molecule has 0 N–H and O–H groups in total. The molecule has 2 aliphatic carbocycles. The molecule has 3 fully saturated rings. The van der Waals surface area contributed by atoms with Crippen molar-refractivity contribution in [1.82, 2.24) is 14.0 Å². The van der Waals surface area contributed by atoms with E-state index in [1.54, 1.807) is 0 Å². The van der Waals surface area contributed by atoms with Gasteiger partial charge < -0.3 is 4.90 Å². The highest BCUT2D eigenvalue weighted by Crippen LogP contribution is 2.51.